The first-order chi connectivity index (χ1) is 30.5. The first-order valence-corrected chi connectivity index (χ1v) is 27.3. The molecule has 0 N–H and O–H groups in total. The third-order valence-corrected chi connectivity index (χ3v) is 12.0. The number of quaternary nitrogens is 1. The summed E-state index contributed by atoms with van der Waals surface area (Å²) in [6.07, 6.45) is 54.3. The van der Waals surface area contributed by atoms with Crippen LogP contribution < -0.4 is 4.89 Å². The summed E-state index contributed by atoms with van der Waals surface area (Å²) in [5.41, 5.74) is 0. The second kappa shape index (κ2) is 45.1. The van der Waals surface area contributed by atoms with Crippen molar-refractivity contribution in [3.63, 3.8) is 0 Å². The number of hydrogen-bond acceptors (Lipinski definition) is 8. The monoisotopic (exact) mass is 908 g/mol. The van der Waals surface area contributed by atoms with Gasteiger partial charge in [0.25, 0.3) is 7.82 Å². The Morgan fingerprint density at radius 2 is 0.889 bits per heavy atom. The van der Waals surface area contributed by atoms with Crippen LogP contribution in [0.2, 0.25) is 0 Å². The maximum atomic E-state index is 12.7. The van der Waals surface area contributed by atoms with Crippen LogP contribution in [0.3, 0.4) is 0 Å². The molecule has 0 spiro atoms. The standard InChI is InChI=1S/C53H98NO8P/c1-6-8-10-12-14-16-18-20-22-24-25-26-27-28-30-32-34-36-38-40-42-44-46-53(56)62-51(50-61-63(57,58)60-48-47-54(3,4)5)49-59-52(55)45-43-41-39-37-35-33-31-29-23-21-19-17-15-13-11-9-7-2/h11,13,17,19,23,29,33,35,51H,6-10,12,14-16,18,20-22,24-28,30-32,34,36-50H2,1-5H3/b13-11+,19-17+,29-23+,35-33+/t51-/m1/s1. The zero-order valence-electron chi connectivity index (χ0n) is 41.5. The summed E-state index contributed by atoms with van der Waals surface area (Å²) in [7, 11) is 1.15. The molecule has 0 aliphatic heterocycles. The molecule has 0 aromatic rings. The van der Waals surface area contributed by atoms with E-state index in [0.29, 0.717) is 23.9 Å². The van der Waals surface area contributed by atoms with Gasteiger partial charge in [-0.25, -0.2) is 0 Å². The van der Waals surface area contributed by atoms with Gasteiger partial charge in [-0.05, 0) is 51.4 Å². The van der Waals surface area contributed by atoms with Crippen LogP contribution in [0.15, 0.2) is 48.6 Å². The van der Waals surface area contributed by atoms with Gasteiger partial charge < -0.3 is 27.9 Å². The Morgan fingerprint density at radius 3 is 1.33 bits per heavy atom. The van der Waals surface area contributed by atoms with E-state index in [2.05, 4.69) is 62.5 Å². The van der Waals surface area contributed by atoms with E-state index >= 15 is 0 Å². The molecule has 9 nitrogen and oxygen atoms in total. The number of hydrogen-bond donors (Lipinski definition) is 0. The quantitative estimate of drug-likeness (QED) is 0.0195. The van der Waals surface area contributed by atoms with Crippen molar-refractivity contribution in [2.75, 3.05) is 47.5 Å². The Labute approximate surface area is 388 Å². The third-order valence-electron chi connectivity index (χ3n) is 11.1. The predicted octanol–water partition coefficient (Wildman–Crippen LogP) is 14.8. The molecule has 10 heteroatoms. The van der Waals surface area contributed by atoms with Gasteiger partial charge in [0.15, 0.2) is 6.10 Å². The molecular weight excluding hydrogens is 810 g/mol. The maximum Gasteiger partial charge on any atom is 0.306 e. The van der Waals surface area contributed by atoms with Crippen molar-refractivity contribution in [1.29, 1.82) is 0 Å². The molecule has 0 aliphatic rings. The zero-order chi connectivity index (χ0) is 46.4. The van der Waals surface area contributed by atoms with Crippen LogP contribution >= 0.6 is 7.82 Å². The largest absolute Gasteiger partial charge is 0.756 e. The van der Waals surface area contributed by atoms with E-state index in [0.717, 1.165) is 64.2 Å². The summed E-state index contributed by atoms with van der Waals surface area (Å²) < 4.78 is 34.0. The second-order valence-electron chi connectivity index (χ2n) is 18.5. The number of ether oxygens (including phenoxy) is 2. The molecule has 0 saturated heterocycles. The molecule has 63 heavy (non-hydrogen) atoms. The Balaban J connectivity index is 4.26. The Morgan fingerprint density at radius 1 is 0.492 bits per heavy atom. The predicted molar refractivity (Wildman–Crippen MR) is 264 cm³/mol. The van der Waals surface area contributed by atoms with Gasteiger partial charge >= 0.3 is 11.9 Å². The molecular formula is C53H98NO8P. The lowest BCUT2D eigenvalue weighted by molar-refractivity contribution is -0.870. The molecule has 0 rings (SSSR count). The highest BCUT2D eigenvalue weighted by molar-refractivity contribution is 7.45. The van der Waals surface area contributed by atoms with Crippen molar-refractivity contribution in [2.24, 2.45) is 0 Å². The minimum Gasteiger partial charge on any atom is -0.756 e. The average molecular weight is 908 g/mol. The minimum absolute atomic E-state index is 0.0362. The summed E-state index contributed by atoms with van der Waals surface area (Å²) in [5.74, 6) is -0.863. The molecule has 0 heterocycles. The van der Waals surface area contributed by atoms with Gasteiger partial charge in [0.05, 0.1) is 27.7 Å². The number of allylic oxidation sites excluding steroid dienone is 8. The number of esters is 2. The molecule has 0 aromatic carbocycles. The molecule has 0 radical (unpaired) electrons. The van der Waals surface area contributed by atoms with Crippen LogP contribution in [0.4, 0.5) is 0 Å². The van der Waals surface area contributed by atoms with E-state index in [9.17, 15) is 19.0 Å². The van der Waals surface area contributed by atoms with Crippen molar-refractivity contribution >= 4 is 19.8 Å². The number of carbonyl (C=O) groups is 2. The maximum absolute atomic E-state index is 12.7. The highest BCUT2D eigenvalue weighted by Crippen LogP contribution is 2.38. The number of phosphoric acid groups is 1. The van der Waals surface area contributed by atoms with Gasteiger partial charge in [-0.3, -0.25) is 14.2 Å². The van der Waals surface area contributed by atoms with Crippen molar-refractivity contribution < 1.29 is 42.1 Å². The van der Waals surface area contributed by atoms with Crippen LogP contribution in [0.5, 0.6) is 0 Å². The average Bonchev–Trinajstić information content (AvgIpc) is 3.24. The molecule has 368 valence electrons. The van der Waals surface area contributed by atoms with Gasteiger partial charge in [0.1, 0.15) is 19.8 Å². The summed E-state index contributed by atoms with van der Waals surface area (Å²) in [6, 6.07) is 0. The van der Waals surface area contributed by atoms with Gasteiger partial charge in [0.2, 0.25) is 0 Å². The molecule has 0 aromatic heterocycles. The van der Waals surface area contributed by atoms with E-state index in [-0.39, 0.29) is 26.1 Å². The van der Waals surface area contributed by atoms with Crippen LogP contribution in [0.25, 0.3) is 0 Å². The van der Waals surface area contributed by atoms with Gasteiger partial charge in [0, 0.05) is 12.8 Å². The smallest absolute Gasteiger partial charge is 0.306 e. The first kappa shape index (κ1) is 61.0. The van der Waals surface area contributed by atoms with Gasteiger partial charge in [-0.1, -0.05) is 210 Å². The number of phosphoric ester groups is 1. The van der Waals surface area contributed by atoms with E-state index in [4.69, 9.17) is 18.5 Å². The highest BCUT2D eigenvalue weighted by atomic mass is 31.2. The lowest BCUT2D eigenvalue weighted by atomic mass is 10.0. The summed E-state index contributed by atoms with van der Waals surface area (Å²) in [6.45, 7) is 4.15. The fourth-order valence-electron chi connectivity index (χ4n) is 7.06. The molecule has 0 fully saturated rings. The second-order valence-corrected chi connectivity index (χ2v) is 20.0. The number of carbonyl (C=O) groups excluding carboxylic acids is 2. The van der Waals surface area contributed by atoms with Crippen LogP contribution in [0.1, 0.15) is 226 Å². The zero-order valence-corrected chi connectivity index (χ0v) is 42.4. The number of rotatable bonds is 47. The lowest BCUT2D eigenvalue weighted by Crippen LogP contribution is -2.37. The number of likely N-dealkylation sites (N-methyl/N-ethyl adjacent to an activating group) is 1. The fourth-order valence-corrected chi connectivity index (χ4v) is 7.79. The Bertz CT molecular complexity index is 1210. The number of nitrogens with zero attached hydrogens (tertiary/aromatic N) is 1. The van der Waals surface area contributed by atoms with Crippen molar-refractivity contribution in [3.05, 3.63) is 48.6 Å². The summed E-state index contributed by atoms with van der Waals surface area (Å²) >= 11 is 0. The number of unbranched alkanes of at least 4 members (excludes halogenated alkanes) is 25. The van der Waals surface area contributed by atoms with Crippen LogP contribution in [-0.2, 0) is 32.7 Å². The van der Waals surface area contributed by atoms with Crippen LogP contribution in [0, 0.1) is 0 Å². The SMILES string of the molecule is CCC/C=C/C/C=C/C/C=C/C/C=C/CCCCCC(=O)OC[C@H](COP(=O)([O-])OCC[N+](C)(C)C)OC(=O)CCCCCCCCCCCCCCCCCCCCCCCC. The van der Waals surface area contributed by atoms with Gasteiger partial charge in [-0.15, -0.1) is 0 Å². The first-order valence-electron chi connectivity index (χ1n) is 25.8. The van der Waals surface area contributed by atoms with Crippen molar-refractivity contribution in [3.8, 4) is 0 Å². The molecule has 0 saturated carbocycles. The topological polar surface area (TPSA) is 111 Å². The van der Waals surface area contributed by atoms with E-state index in [1.165, 1.54) is 122 Å². The molecule has 1 unspecified atom stereocenters. The minimum atomic E-state index is -4.64. The Hall–Kier alpha value is -2.03. The van der Waals surface area contributed by atoms with E-state index in [1.54, 1.807) is 0 Å². The normalized spacial score (nSPS) is 13.8. The fraction of sp³-hybridized carbons (Fsp3) is 0.811. The van der Waals surface area contributed by atoms with E-state index < -0.39 is 32.5 Å². The highest BCUT2D eigenvalue weighted by Gasteiger charge is 2.21. The Kier molecular flexibility index (Phi) is 43.7. The van der Waals surface area contributed by atoms with Crippen molar-refractivity contribution in [2.45, 2.75) is 232 Å². The molecule has 0 bridgehead atoms. The molecule has 0 amide bonds. The van der Waals surface area contributed by atoms with Crippen molar-refractivity contribution in [1.82, 2.24) is 0 Å². The third kappa shape index (κ3) is 49.2. The summed E-state index contributed by atoms with van der Waals surface area (Å²) in [5, 5.41) is 0. The lowest BCUT2D eigenvalue weighted by Gasteiger charge is -2.28. The molecule has 0 aliphatic carbocycles. The molecule has 2 atom stereocenters. The summed E-state index contributed by atoms with van der Waals surface area (Å²) in [4.78, 5) is 37.7. The van der Waals surface area contributed by atoms with E-state index in [1.807, 2.05) is 21.1 Å². The van der Waals surface area contributed by atoms with Gasteiger partial charge in [-0.2, -0.15) is 0 Å². The van der Waals surface area contributed by atoms with Crippen LogP contribution in [-0.4, -0.2) is 70.0 Å².